The molecule has 2 unspecified atom stereocenters. The van der Waals surface area contributed by atoms with Crippen molar-refractivity contribution in [3.63, 3.8) is 0 Å². The maximum atomic E-state index is 11.9. The summed E-state index contributed by atoms with van der Waals surface area (Å²) < 4.78 is 32.2. The number of hydrogen-bond donors (Lipinski definition) is 2. The fourth-order valence-electron chi connectivity index (χ4n) is 2.71. The van der Waals surface area contributed by atoms with Crippen LogP contribution in [0.4, 0.5) is 0 Å². The first-order valence-corrected chi connectivity index (χ1v) is 8.99. The minimum atomic E-state index is -3.39. The van der Waals surface area contributed by atoms with Crippen molar-refractivity contribution in [2.75, 3.05) is 13.6 Å². The van der Waals surface area contributed by atoms with Gasteiger partial charge in [-0.25, -0.2) is 13.1 Å². The van der Waals surface area contributed by atoms with Gasteiger partial charge in [-0.05, 0) is 50.6 Å². The molecule has 118 valence electrons. The number of rotatable bonds is 6. The van der Waals surface area contributed by atoms with Crippen LogP contribution in [0.5, 0.6) is 5.75 Å². The molecule has 2 rings (SSSR count). The molecule has 0 radical (unpaired) electrons. The van der Waals surface area contributed by atoms with Crippen LogP contribution >= 0.6 is 0 Å². The van der Waals surface area contributed by atoms with Crippen LogP contribution in [0.2, 0.25) is 0 Å². The summed E-state index contributed by atoms with van der Waals surface area (Å²) in [5, 5.41) is 3.30. The summed E-state index contributed by atoms with van der Waals surface area (Å²) in [5.41, 5.74) is 0. The van der Waals surface area contributed by atoms with Crippen molar-refractivity contribution in [3.05, 3.63) is 24.3 Å². The lowest BCUT2D eigenvalue weighted by atomic mass is 9.92. The molecular weight excluding hydrogens is 288 g/mol. The third-order valence-corrected chi connectivity index (χ3v) is 5.39. The Morgan fingerprint density at radius 3 is 2.48 bits per heavy atom. The minimum absolute atomic E-state index is 0.153. The zero-order valence-corrected chi connectivity index (χ0v) is 13.4. The molecule has 0 bridgehead atoms. The highest BCUT2D eigenvalue weighted by atomic mass is 32.2. The molecule has 0 aromatic heterocycles. The van der Waals surface area contributed by atoms with Gasteiger partial charge in [0.1, 0.15) is 11.9 Å². The topological polar surface area (TPSA) is 67.4 Å². The van der Waals surface area contributed by atoms with Gasteiger partial charge in [0.05, 0.1) is 4.90 Å². The van der Waals surface area contributed by atoms with Gasteiger partial charge in [0.25, 0.3) is 0 Å². The van der Waals surface area contributed by atoms with E-state index in [1.165, 1.54) is 12.8 Å². The molecule has 6 heteroatoms. The normalized spacial score (nSPS) is 23.0. The van der Waals surface area contributed by atoms with Crippen molar-refractivity contribution < 1.29 is 13.2 Å². The summed E-state index contributed by atoms with van der Waals surface area (Å²) in [6, 6.07) is 7.00. The van der Waals surface area contributed by atoms with Crippen molar-refractivity contribution in [2.24, 2.45) is 0 Å². The third-order valence-electron chi connectivity index (χ3n) is 3.83. The van der Waals surface area contributed by atoms with Gasteiger partial charge in [0.2, 0.25) is 10.0 Å². The number of ether oxygens (including phenoxy) is 1. The number of hydrogen-bond acceptors (Lipinski definition) is 4. The van der Waals surface area contributed by atoms with E-state index in [2.05, 4.69) is 10.0 Å². The SMILES string of the molecule is CCNS(=O)(=O)c1ccc(OC2CCCCC2NC)cc1. The van der Waals surface area contributed by atoms with E-state index in [4.69, 9.17) is 4.74 Å². The van der Waals surface area contributed by atoms with Crippen molar-refractivity contribution in [3.8, 4) is 5.75 Å². The van der Waals surface area contributed by atoms with E-state index < -0.39 is 10.0 Å². The Hall–Kier alpha value is -1.11. The smallest absolute Gasteiger partial charge is 0.240 e. The second-order valence-electron chi connectivity index (χ2n) is 5.31. The van der Waals surface area contributed by atoms with Crippen molar-refractivity contribution >= 4 is 10.0 Å². The van der Waals surface area contributed by atoms with E-state index in [-0.39, 0.29) is 11.0 Å². The Balaban J connectivity index is 2.05. The van der Waals surface area contributed by atoms with Crippen LogP contribution in [-0.2, 0) is 10.0 Å². The van der Waals surface area contributed by atoms with E-state index >= 15 is 0 Å². The van der Waals surface area contributed by atoms with Crippen LogP contribution in [-0.4, -0.2) is 34.2 Å². The monoisotopic (exact) mass is 312 g/mol. The number of nitrogens with one attached hydrogen (secondary N) is 2. The molecule has 0 amide bonds. The largest absolute Gasteiger partial charge is 0.489 e. The minimum Gasteiger partial charge on any atom is -0.489 e. The van der Waals surface area contributed by atoms with Crippen molar-refractivity contribution in [2.45, 2.75) is 49.6 Å². The number of benzene rings is 1. The van der Waals surface area contributed by atoms with E-state index in [1.807, 2.05) is 7.05 Å². The molecule has 0 spiro atoms. The van der Waals surface area contributed by atoms with Gasteiger partial charge in [0, 0.05) is 12.6 Å². The lowest BCUT2D eigenvalue weighted by Gasteiger charge is -2.31. The van der Waals surface area contributed by atoms with Gasteiger partial charge in [-0.3, -0.25) is 0 Å². The fraction of sp³-hybridized carbons (Fsp3) is 0.600. The summed E-state index contributed by atoms with van der Waals surface area (Å²) in [6.45, 7) is 2.14. The first-order valence-electron chi connectivity index (χ1n) is 7.50. The zero-order valence-electron chi connectivity index (χ0n) is 12.6. The summed E-state index contributed by atoms with van der Waals surface area (Å²) >= 11 is 0. The van der Waals surface area contributed by atoms with E-state index in [1.54, 1.807) is 31.2 Å². The molecule has 1 saturated carbocycles. The summed E-state index contributed by atoms with van der Waals surface area (Å²) in [7, 11) is -1.44. The van der Waals surface area contributed by atoms with E-state index in [0.29, 0.717) is 12.6 Å². The van der Waals surface area contributed by atoms with Gasteiger partial charge < -0.3 is 10.1 Å². The predicted molar refractivity (Wildman–Crippen MR) is 83.0 cm³/mol. The molecule has 1 aromatic rings. The van der Waals surface area contributed by atoms with E-state index in [9.17, 15) is 8.42 Å². The maximum Gasteiger partial charge on any atom is 0.240 e. The quantitative estimate of drug-likeness (QED) is 0.842. The van der Waals surface area contributed by atoms with Gasteiger partial charge in [-0.2, -0.15) is 0 Å². The van der Waals surface area contributed by atoms with Crippen LogP contribution in [0.1, 0.15) is 32.6 Å². The Kier molecular flexibility index (Phi) is 5.61. The van der Waals surface area contributed by atoms with Crippen LogP contribution in [0.25, 0.3) is 0 Å². The molecule has 1 aromatic carbocycles. The van der Waals surface area contributed by atoms with Crippen LogP contribution in [0.3, 0.4) is 0 Å². The molecule has 0 saturated heterocycles. The molecule has 0 heterocycles. The van der Waals surface area contributed by atoms with Gasteiger partial charge in [-0.1, -0.05) is 13.3 Å². The molecule has 21 heavy (non-hydrogen) atoms. The molecule has 0 aliphatic heterocycles. The standard InChI is InChI=1S/C15H24N2O3S/c1-3-17-21(18,19)13-10-8-12(9-11-13)20-15-7-5-4-6-14(15)16-2/h8-11,14-17H,3-7H2,1-2H3. The number of likely N-dealkylation sites (N-methyl/N-ethyl adjacent to an activating group) is 1. The average Bonchev–Trinajstić information content (AvgIpc) is 2.48. The maximum absolute atomic E-state index is 11.9. The van der Waals surface area contributed by atoms with Crippen LogP contribution in [0.15, 0.2) is 29.2 Å². The highest BCUT2D eigenvalue weighted by Gasteiger charge is 2.25. The number of sulfonamides is 1. The first kappa shape index (κ1) is 16.3. The Labute approximate surface area is 127 Å². The fourth-order valence-corrected chi connectivity index (χ4v) is 3.75. The van der Waals surface area contributed by atoms with Crippen molar-refractivity contribution in [1.82, 2.24) is 10.0 Å². The highest BCUT2D eigenvalue weighted by molar-refractivity contribution is 7.89. The molecule has 1 aliphatic carbocycles. The van der Waals surface area contributed by atoms with Gasteiger partial charge >= 0.3 is 0 Å². The van der Waals surface area contributed by atoms with E-state index in [0.717, 1.165) is 18.6 Å². The van der Waals surface area contributed by atoms with Gasteiger partial charge in [-0.15, -0.1) is 0 Å². The predicted octanol–water partition coefficient (Wildman–Crippen LogP) is 1.89. The summed E-state index contributed by atoms with van der Waals surface area (Å²) in [4.78, 5) is 0.269. The lowest BCUT2D eigenvalue weighted by Crippen LogP contribution is -2.43. The van der Waals surface area contributed by atoms with Crippen LogP contribution in [0, 0.1) is 0 Å². The summed E-state index contributed by atoms with van der Waals surface area (Å²) in [5.74, 6) is 0.720. The zero-order chi connectivity index (χ0) is 15.3. The summed E-state index contributed by atoms with van der Waals surface area (Å²) in [6.07, 6.45) is 4.71. The second kappa shape index (κ2) is 7.24. The molecule has 2 atom stereocenters. The van der Waals surface area contributed by atoms with Gasteiger partial charge in [0.15, 0.2) is 0 Å². The molecule has 5 nitrogen and oxygen atoms in total. The Morgan fingerprint density at radius 2 is 1.86 bits per heavy atom. The van der Waals surface area contributed by atoms with Crippen LogP contribution < -0.4 is 14.8 Å². The highest BCUT2D eigenvalue weighted by Crippen LogP contribution is 2.24. The Morgan fingerprint density at radius 1 is 1.19 bits per heavy atom. The first-order chi connectivity index (χ1) is 10.1. The Bertz CT molecular complexity index is 543. The van der Waals surface area contributed by atoms with Crippen molar-refractivity contribution in [1.29, 1.82) is 0 Å². The molecule has 2 N–H and O–H groups in total. The second-order valence-corrected chi connectivity index (χ2v) is 7.08. The average molecular weight is 312 g/mol. The molecule has 1 aliphatic rings. The third kappa shape index (κ3) is 4.18. The molecule has 1 fully saturated rings. The molecular formula is C15H24N2O3S. The lowest BCUT2D eigenvalue weighted by molar-refractivity contribution is 0.118.